The van der Waals surface area contributed by atoms with Crippen molar-refractivity contribution < 1.29 is 37.1 Å². The van der Waals surface area contributed by atoms with Crippen LogP contribution in [0.1, 0.15) is 18.1 Å². The number of benzene rings is 2. The molecular formula is C19H21CuN3O4. The summed E-state index contributed by atoms with van der Waals surface area (Å²) in [6, 6.07) is 12.4. The van der Waals surface area contributed by atoms with E-state index in [1.165, 1.54) is 18.2 Å². The van der Waals surface area contributed by atoms with Crippen LogP contribution in [0.4, 0.5) is 0 Å². The molecule has 2 aromatic carbocycles. The Morgan fingerprint density at radius 2 is 1.59 bits per heavy atom. The summed E-state index contributed by atoms with van der Waals surface area (Å²) in [5.41, 5.74) is 0.806. The molecule has 1 saturated heterocycles. The Bertz CT molecular complexity index is 706. The predicted octanol–water partition coefficient (Wildman–Crippen LogP) is 0.601. The van der Waals surface area contributed by atoms with Gasteiger partial charge in [-0.3, -0.25) is 0 Å². The minimum atomic E-state index is -0.661. The number of morpholine rings is 1. The average Bonchev–Trinajstić information content (AvgIpc) is 2.68. The number of phenolic OH excluding ortho intramolecular Hbond substituents is 1. The summed E-state index contributed by atoms with van der Waals surface area (Å²) >= 11 is 0. The number of phenols is 1. The topological polar surface area (TPSA) is 112 Å². The van der Waals surface area contributed by atoms with Crippen molar-refractivity contribution in [2.75, 3.05) is 26.3 Å². The second-order valence-electron chi connectivity index (χ2n) is 5.47. The van der Waals surface area contributed by atoms with Gasteiger partial charge in [0.1, 0.15) is 5.75 Å². The van der Waals surface area contributed by atoms with Crippen molar-refractivity contribution in [3.63, 3.8) is 0 Å². The molecule has 7 nitrogen and oxygen atoms in total. The van der Waals surface area contributed by atoms with Crippen molar-refractivity contribution in [2.45, 2.75) is 6.92 Å². The monoisotopic (exact) mass is 418 g/mol. The molecule has 1 heterocycles. The van der Waals surface area contributed by atoms with E-state index in [0.29, 0.717) is 11.3 Å². The van der Waals surface area contributed by atoms with Crippen LogP contribution in [-0.2, 0) is 21.8 Å². The van der Waals surface area contributed by atoms with Crippen LogP contribution >= 0.6 is 0 Å². The first-order chi connectivity index (χ1) is 12.6. The SMILES string of the molecule is C/C(=N\N=C(/[O-])c1ccccc1O)c1ccccc1[O-].C1COCCN1.[Cu+2]. The van der Waals surface area contributed by atoms with Gasteiger partial charge in [0, 0.05) is 24.6 Å². The van der Waals surface area contributed by atoms with E-state index in [4.69, 9.17) is 4.74 Å². The van der Waals surface area contributed by atoms with Crippen molar-refractivity contribution in [3.8, 4) is 11.5 Å². The fourth-order valence-electron chi connectivity index (χ4n) is 2.16. The number of hydrogen-bond donors (Lipinski definition) is 2. The minimum Gasteiger partial charge on any atom is -0.872 e. The number of rotatable bonds is 3. The quantitative estimate of drug-likeness (QED) is 0.328. The standard InChI is InChI=1S/C15H14N2O3.C4H9NO.Cu/c1-10(11-6-2-4-8-13(11)18)16-17-15(20)12-7-3-5-9-14(12)19;1-3-6-4-2-5-1;/h2-9,18-19H,1H3,(H,17,20);5H,1-4H2;/q;;+2/p-2/b16-10+;;. The van der Waals surface area contributed by atoms with E-state index in [0.717, 1.165) is 26.3 Å². The first-order valence-electron chi connectivity index (χ1n) is 8.22. The molecule has 0 spiro atoms. The van der Waals surface area contributed by atoms with Crippen molar-refractivity contribution >= 4 is 11.6 Å². The van der Waals surface area contributed by atoms with Crippen LogP contribution in [0.25, 0.3) is 0 Å². The molecule has 8 heteroatoms. The van der Waals surface area contributed by atoms with E-state index in [1.807, 2.05) is 0 Å². The summed E-state index contributed by atoms with van der Waals surface area (Å²) in [5.74, 6) is -0.997. The average molecular weight is 419 g/mol. The smallest absolute Gasteiger partial charge is 0.872 e. The number of para-hydroxylation sites is 2. The van der Waals surface area contributed by atoms with E-state index in [9.17, 15) is 15.3 Å². The molecule has 2 aromatic rings. The predicted molar refractivity (Wildman–Crippen MR) is 96.4 cm³/mol. The van der Waals surface area contributed by atoms with Gasteiger partial charge in [0.15, 0.2) is 0 Å². The molecule has 27 heavy (non-hydrogen) atoms. The Balaban J connectivity index is 0.000000444. The molecule has 147 valence electrons. The maximum absolute atomic E-state index is 11.8. The van der Waals surface area contributed by atoms with Gasteiger partial charge in [-0.1, -0.05) is 48.2 Å². The Morgan fingerprint density at radius 3 is 2.11 bits per heavy atom. The summed E-state index contributed by atoms with van der Waals surface area (Å²) in [4.78, 5) is 0. The largest absolute Gasteiger partial charge is 2.00 e. The Hall–Kier alpha value is -2.38. The van der Waals surface area contributed by atoms with Crippen molar-refractivity contribution in [1.82, 2.24) is 5.32 Å². The number of nitrogens with one attached hydrogen (secondary N) is 1. The maximum atomic E-state index is 11.8. The Kier molecular flexibility index (Phi) is 10.1. The van der Waals surface area contributed by atoms with Crippen LogP contribution in [0.15, 0.2) is 58.7 Å². The molecule has 0 unspecified atom stereocenters. The van der Waals surface area contributed by atoms with E-state index < -0.39 is 5.90 Å². The van der Waals surface area contributed by atoms with Crippen molar-refractivity contribution in [2.24, 2.45) is 10.2 Å². The molecule has 0 saturated carbocycles. The normalized spacial score (nSPS) is 14.6. The summed E-state index contributed by atoms with van der Waals surface area (Å²) in [5, 5.41) is 43.3. The van der Waals surface area contributed by atoms with E-state index in [2.05, 4.69) is 15.5 Å². The number of aromatic hydroxyl groups is 1. The van der Waals surface area contributed by atoms with Gasteiger partial charge in [0.05, 0.1) is 18.9 Å². The Labute approximate surface area is 168 Å². The zero-order valence-electron chi connectivity index (χ0n) is 14.8. The zero-order valence-corrected chi connectivity index (χ0v) is 15.8. The van der Waals surface area contributed by atoms with Gasteiger partial charge in [-0.25, -0.2) is 0 Å². The third kappa shape index (κ3) is 7.40. The van der Waals surface area contributed by atoms with Crippen LogP contribution in [0.3, 0.4) is 0 Å². The van der Waals surface area contributed by atoms with Gasteiger partial charge < -0.3 is 25.4 Å². The molecule has 0 amide bonds. The van der Waals surface area contributed by atoms with Crippen LogP contribution in [0, 0.1) is 0 Å². The number of ether oxygens (including phenoxy) is 1. The second kappa shape index (κ2) is 12.1. The molecule has 2 N–H and O–H groups in total. The molecule has 0 aromatic heterocycles. The first-order valence-corrected chi connectivity index (χ1v) is 8.22. The van der Waals surface area contributed by atoms with Crippen LogP contribution < -0.4 is 15.5 Å². The van der Waals surface area contributed by atoms with Gasteiger partial charge >= 0.3 is 17.1 Å². The van der Waals surface area contributed by atoms with Gasteiger partial charge in [0.25, 0.3) is 0 Å². The number of hydrogen-bond acceptors (Lipinski definition) is 7. The Morgan fingerprint density at radius 1 is 1.00 bits per heavy atom. The van der Waals surface area contributed by atoms with Crippen LogP contribution in [0.2, 0.25) is 0 Å². The molecule has 0 atom stereocenters. The molecule has 1 radical (unpaired) electrons. The first kappa shape index (κ1) is 22.7. The molecular weight excluding hydrogens is 398 g/mol. The fraction of sp³-hybridized carbons (Fsp3) is 0.263. The van der Waals surface area contributed by atoms with Crippen LogP contribution in [-0.4, -0.2) is 43.0 Å². The van der Waals surface area contributed by atoms with E-state index in [-0.39, 0.29) is 34.1 Å². The summed E-state index contributed by atoms with van der Waals surface area (Å²) in [6.45, 7) is 5.43. The second-order valence-corrected chi connectivity index (χ2v) is 5.47. The van der Waals surface area contributed by atoms with Crippen LogP contribution in [0.5, 0.6) is 11.5 Å². The molecule has 3 rings (SSSR count). The van der Waals surface area contributed by atoms with Gasteiger partial charge in [-0.15, -0.1) is 0 Å². The molecule has 1 aliphatic rings. The van der Waals surface area contributed by atoms with Gasteiger partial charge in [-0.2, -0.15) is 10.2 Å². The summed E-state index contributed by atoms with van der Waals surface area (Å²) in [6.07, 6.45) is 0. The van der Waals surface area contributed by atoms with E-state index >= 15 is 0 Å². The summed E-state index contributed by atoms with van der Waals surface area (Å²) in [7, 11) is 0. The van der Waals surface area contributed by atoms with Gasteiger partial charge in [0.2, 0.25) is 0 Å². The molecule has 0 bridgehead atoms. The maximum Gasteiger partial charge on any atom is 2.00 e. The third-order valence-corrected chi connectivity index (χ3v) is 3.55. The zero-order chi connectivity index (χ0) is 18.8. The van der Waals surface area contributed by atoms with Crippen molar-refractivity contribution in [1.29, 1.82) is 0 Å². The molecule has 1 fully saturated rings. The minimum absolute atomic E-state index is 0. The third-order valence-electron chi connectivity index (χ3n) is 3.55. The fourth-order valence-corrected chi connectivity index (χ4v) is 2.16. The van der Waals surface area contributed by atoms with E-state index in [1.54, 1.807) is 37.3 Å². The molecule has 1 aliphatic heterocycles. The molecule has 0 aliphatic carbocycles. The van der Waals surface area contributed by atoms with Gasteiger partial charge in [-0.05, 0) is 18.6 Å². The summed E-state index contributed by atoms with van der Waals surface area (Å²) < 4.78 is 5.01. The van der Waals surface area contributed by atoms with Crippen molar-refractivity contribution in [3.05, 3.63) is 59.7 Å². The number of nitrogens with zero attached hydrogens (tertiary/aromatic N) is 2.